The molecule has 3 fully saturated rings. The summed E-state index contributed by atoms with van der Waals surface area (Å²) in [6.45, 7) is 8.93. The first-order chi connectivity index (χ1) is 27.5. The highest BCUT2D eigenvalue weighted by atomic mass is 16.8. The number of nitrogens with zero attached hydrogens (tertiary/aromatic N) is 3. The zero-order chi connectivity index (χ0) is 40.5. The monoisotopic (exact) mass is 789 g/mol. The number of fused-ring (bicyclic) bond motifs is 1. The Morgan fingerprint density at radius 3 is 1.96 bits per heavy atom. The topological polar surface area (TPSA) is 175 Å². The van der Waals surface area contributed by atoms with E-state index in [0.29, 0.717) is 0 Å². The minimum absolute atomic E-state index is 0.0264. The number of azide groups is 1. The average Bonchev–Trinajstić information content (AvgIpc) is 3.21. The van der Waals surface area contributed by atoms with Crippen molar-refractivity contribution in [1.82, 2.24) is 0 Å². The summed E-state index contributed by atoms with van der Waals surface area (Å²) in [5.74, 6) is -1.38. The van der Waals surface area contributed by atoms with Gasteiger partial charge in [-0.15, -0.1) is 0 Å². The van der Waals surface area contributed by atoms with E-state index in [2.05, 4.69) is 10.0 Å². The molecule has 0 amide bonds. The Balaban J connectivity index is 1.39. The van der Waals surface area contributed by atoms with Gasteiger partial charge in [-0.05, 0) is 51.3 Å². The maximum atomic E-state index is 13.7. The summed E-state index contributed by atoms with van der Waals surface area (Å²) in [4.78, 5) is 30.4. The Kier molecular flexibility index (Phi) is 14.3. The van der Waals surface area contributed by atoms with Gasteiger partial charge in [0.25, 0.3) is 0 Å². The summed E-state index contributed by atoms with van der Waals surface area (Å²) in [6.07, 6.45) is -11.6. The van der Waals surface area contributed by atoms with Crippen molar-refractivity contribution in [2.45, 2.75) is 122 Å². The molecule has 306 valence electrons. The number of ether oxygens (including phenoxy) is 10. The predicted molar refractivity (Wildman–Crippen MR) is 203 cm³/mol. The van der Waals surface area contributed by atoms with Gasteiger partial charge in [-0.25, -0.2) is 4.79 Å². The van der Waals surface area contributed by atoms with Crippen LogP contribution in [0.25, 0.3) is 10.4 Å². The first-order valence-electron chi connectivity index (χ1n) is 19.0. The lowest BCUT2D eigenvalue weighted by molar-refractivity contribution is -0.374. The predicted octanol–water partition coefficient (Wildman–Crippen LogP) is 6.34. The van der Waals surface area contributed by atoms with Crippen LogP contribution in [-0.2, 0) is 70.2 Å². The third-order valence-electron chi connectivity index (χ3n) is 9.62. The first-order valence-corrected chi connectivity index (χ1v) is 19.0. The molecule has 3 aromatic rings. The minimum atomic E-state index is -1.48. The highest BCUT2D eigenvalue weighted by Crippen LogP contribution is 2.40. The fraction of sp³-hybridized carbons (Fsp3) is 0.524. The summed E-state index contributed by atoms with van der Waals surface area (Å²) in [7, 11) is 1.21. The molecule has 0 radical (unpaired) electrons. The van der Waals surface area contributed by atoms with Crippen molar-refractivity contribution in [3.8, 4) is 0 Å². The Hall–Kier alpha value is -4.41. The molecule has 15 heteroatoms. The van der Waals surface area contributed by atoms with Gasteiger partial charge in [0.05, 0.1) is 38.4 Å². The molecular formula is C42H51N3O12. The standard InChI is InChI=1S/C42H51N3O12/c1-25(2)52-40-36(57-41(47)42(3,4)5)33(50-23-27-18-12-8-13-19-27)34(35(56-40)37(46)48-6)55-39-30(44-45-43)32(49-22-26-16-10-7-11-17-26)31-29(53-39)24-51-38(54-31)28-20-14-9-15-21-28/h7-21,25,29-36,38-40H,22-24H2,1-6H3/t29-,30-,31-,32-,33+,34+,35-,36-,38-,39-,40-/m1/s1. The molecule has 11 atom stereocenters. The maximum absolute atomic E-state index is 13.7. The van der Waals surface area contributed by atoms with E-state index < -0.39 is 91.1 Å². The van der Waals surface area contributed by atoms with Gasteiger partial charge < -0.3 is 47.4 Å². The average molecular weight is 790 g/mol. The van der Waals surface area contributed by atoms with Crippen LogP contribution in [0.1, 0.15) is 57.6 Å². The second kappa shape index (κ2) is 19.4. The molecule has 3 aromatic carbocycles. The minimum Gasteiger partial charge on any atom is -0.467 e. The van der Waals surface area contributed by atoms with E-state index in [4.69, 9.17) is 47.4 Å². The fourth-order valence-electron chi connectivity index (χ4n) is 6.77. The van der Waals surface area contributed by atoms with Gasteiger partial charge in [0.1, 0.15) is 36.6 Å². The van der Waals surface area contributed by atoms with E-state index in [1.807, 2.05) is 91.0 Å². The molecular weight excluding hydrogens is 738 g/mol. The molecule has 0 bridgehead atoms. The van der Waals surface area contributed by atoms with Crippen LogP contribution >= 0.6 is 0 Å². The molecule has 0 unspecified atom stereocenters. The van der Waals surface area contributed by atoms with E-state index >= 15 is 0 Å². The fourth-order valence-corrected chi connectivity index (χ4v) is 6.77. The Morgan fingerprint density at radius 2 is 1.40 bits per heavy atom. The number of esters is 2. The molecule has 0 aliphatic carbocycles. The van der Waals surface area contributed by atoms with Gasteiger partial charge in [-0.2, -0.15) is 0 Å². The SMILES string of the molecule is COC(=O)[C@@H]1O[C@@H](OC(C)C)[C@H](OC(=O)C(C)(C)C)[C@@H](OCc2ccccc2)[C@@H]1O[C@H]1O[C@@H]2CO[C@@H](c3ccccc3)O[C@H]2[C@H](OCc2ccccc2)[C@H]1N=[N+]=[N-]. The molecule has 0 aromatic heterocycles. The maximum Gasteiger partial charge on any atom is 0.337 e. The van der Waals surface area contributed by atoms with Crippen LogP contribution < -0.4 is 0 Å². The van der Waals surface area contributed by atoms with Crippen molar-refractivity contribution >= 4 is 11.9 Å². The van der Waals surface area contributed by atoms with E-state index in [0.717, 1.165) is 16.7 Å². The second-order valence-electron chi connectivity index (χ2n) is 15.3. The molecule has 57 heavy (non-hydrogen) atoms. The summed E-state index contributed by atoms with van der Waals surface area (Å²) in [5.41, 5.74) is 11.5. The van der Waals surface area contributed by atoms with Crippen molar-refractivity contribution in [3.63, 3.8) is 0 Å². The third kappa shape index (κ3) is 10.6. The molecule has 3 aliphatic rings. The molecule has 0 saturated carbocycles. The largest absolute Gasteiger partial charge is 0.467 e. The summed E-state index contributed by atoms with van der Waals surface area (Å²) in [6, 6.07) is 27.1. The van der Waals surface area contributed by atoms with Crippen LogP contribution in [0.3, 0.4) is 0 Å². The lowest BCUT2D eigenvalue weighted by Gasteiger charge is -2.50. The normalized spacial score (nSPS) is 30.1. The summed E-state index contributed by atoms with van der Waals surface area (Å²) in [5, 5.41) is 4.15. The van der Waals surface area contributed by atoms with Gasteiger partial charge in [0.2, 0.25) is 0 Å². The smallest absolute Gasteiger partial charge is 0.337 e. The second-order valence-corrected chi connectivity index (χ2v) is 15.3. The van der Waals surface area contributed by atoms with Gasteiger partial charge in [0.15, 0.2) is 31.1 Å². The van der Waals surface area contributed by atoms with Crippen molar-refractivity contribution in [1.29, 1.82) is 0 Å². The highest BCUT2D eigenvalue weighted by molar-refractivity contribution is 5.77. The zero-order valence-corrected chi connectivity index (χ0v) is 33.0. The Morgan fingerprint density at radius 1 is 0.807 bits per heavy atom. The van der Waals surface area contributed by atoms with Crippen LogP contribution in [0.15, 0.2) is 96.1 Å². The zero-order valence-electron chi connectivity index (χ0n) is 33.0. The van der Waals surface area contributed by atoms with Crippen molar-refractivity contribution in [2.24, 2.45) is 10.5 Å². The van der Waals surface area contributed by atoms with E-state index in [1.165, 1.54) is 7.11 Å². The van der Waals surface area contributed by atoms with E-state index in [-0.39, 0.29) is 19.8 Å². The van der Waals surface area contributed by atoms with E-state index in [9.17, 15) is 15.1 Å². The molecule has 3 heterocycles. The van der Waals surface area contributed by atoms with Gasteiger partial charge in [-0.1, -0.05) is 96.1 Å². The number of benzene rings is 3. The van der Waals surface area contributed by atoms with E-state index in [1.54, 1.807) is 34.6 Å². The van der Waals surface area contributed by atoms with Gasteiger partial charge in [0, 0.05) is 10.5 Å². The van der Waals surface area contributed by atoms with Gasteiger partial charge >= 0.3 is 11.9 Å². The Bertz CT molecular complexity index is 1790. The number of carbonyl (C=O) groups excluding carboxylic acids is 2. The van der Waals surface area contributed by atoms with Crippen molar-refractivity contribution < 1.29 is 57.0 Å². The molecule has 0 spiro atoms. The quantitative estimate of drug-likeness (QED) is 0.0768. The first kappa shape index (κ1) is 42.2. The number of hydrogen-bond acceptors (Lipinski definition) is 13. The van der Waals surface area contributed by atoms with Crippen molar-refractivity contribution in [2.75, 3.05) is 13.7 Å². The Labute approximate surface area is 332 Å². The molecule has 3 saturated heterocycles. The van der Waals surface area contributed by atoms with Crippen molar-refractivity contribution in [3.05, 3.63) is 118 Å². The number of methoxy groups -OCH3 is 1. The van der Waals surface area contributed by atoms with Gasteiger partial charge in [-0.3, -0.25) is 4.79 Å². The number of hydrogen-bond donors (Lipinski definition) is 0. The molecule has 0 N–H and O–H groups in total. The molecule has 6 rings (SSSR count). The van der Waals surface area contributed by atoms with Crippen LogP contribution in [0, 0.1) is 5.41 Å². The number of carbonyl (C=O) groups is 2. The lowest BCUT2D eigenvalue weighted by atomic mass is 9.93. The number of rotatable bonds is 14. The molecule has 15 nitrogen and oxygen atoms in total. The van der Waals surface area contributed by atoms with Crippen LogP contribution in [0.4, 0.5) is 0 Å². The van der Waals surface area contributed by atoms with Crippen LogP contribution in [0.2, 0.25) is 0 Å². The van der Waals surface area contributed by atoms with Crippen LogP contribution in [0.5, 0.6) is 0 Å². The summed E-state index contributed by atoms with van der Waals surface area (Å²) >= 11 is 0. The van der Waals surface area contributed by atoms with Crippen LogP contribution in [-0.4, -0.2) is 93.1 Å². The highest BCUT2D eigenvalue weighted by Gasteiger charge is 2.58. The third-order valence-corrected chi connectivity index (χ3v) is 9.62. The summed E-state index contributed by atoms with van der Waals surface area (Å²) < 4.78 is 62.9. The molecule has 3 aliphatic heterocycles. The lowest BCUT2D eigenvalue weighted by Crippen LogP contribution is -2.67.